The summed E-state index contributed by atoms with van der Waals surface area (Å²) in [7, 11) is 0. The monoisotopic (exact) mass is 218 g/mol. The molecule has 0 bridgehead atoms. The van der Waals surface area contributed by atoms with E-state index in [9.17, 15) is 0 Å². The van der Waals surface area contributed by atoms with Gasteiger partial charge in [-0.2, -0.15) is 14.7 Å². The summed E-state index contributed by atoms with van der Waals surface area (Å²) in [6, 6.07) is 0. The fourth-order valence-electron chi connectivity index (χ4n) is 1.19. The molecule has 1 atom stereocenters. The van der Waals surface area contributed by atoms with Crippen molar-refractivity contribution in [3.63, 3.8) is 0 Å². The Hall–Kier alpha value is -0.740. The molecule has 70 valence electrons. The molecule has 1 N–H and O–H groups in total. The van der Waals surface area contributed by atoms with Crippen molar-refractivity contribution in [1.29, 1.82) is 0 Å². The highest BCUT2D eigenvalue weighted by molar-refractivity contribution is 6.34. The molecule has 0 saturated carbocycles. The lowest BCUT2D eigenvalue weighted by Gasteiger charge is -1.95. The van der Waals surface area contributed by atoms with E-state index < -0.39 is 0 Å². The standard InChI is InChI=1S/C7H8Cl2N4/c1-3(8)6-10-11-7-5(9)4(2)12-13(6)7/h3,11H,1-2H3. The number of hydrogen-bond donors (Lipinski definition) is 1. The third-order valence-corrected chi connectivity index (χ3v) is 2.48. The summed E-state index contributed by atoms with van der Waals surface area (Å²) in [6.45, 7) is 3.67. The van der Waals surface area contributed by atoms with E-state index in [1.807, 2.05) is 13.8 Å². The van der Waals surface area contributed by atoms with Crippen LogP contribution in [0.3, 0.4) is 0 Å². The normalized spacial score (nSPS) is 13.8. The van der Waals surface area contributed by atoms with Crippen molar-refractivity contribution < 1.29 is 0 Å². The molecule has 4 nitrogen and oxygen atoms in total. The quantitative estimate of drug-likeness (QED) is 0.748. The number of rotatable bonds is 1. The SMILES string of the molecule is Cc1nn2c(C(C)Cl)n[nH]c2c1Cl. The van der Waals surface area contributed by atoms with Gasteiger partial charge in [0, 0.05) is 0 Å². The first-order valence-electron chi connectivity index (χ1n) is 3.84. The number of alkyl halides is 1. The van der Waals surface area contributed by atoms with Crippen LogP contribution in [0.5, 0.6) is 0 Å². The molecule has 0 aromatic carbocycles. The Kier molecular flexibility index (Phi) is 1.96. The summed E-state index contributed by atoms with van der Waals surface area (Å²) in [6.07, 6.45) is 0. The third-order valence-electron chi connectivity index (χ3n) is 1.84. The number of aryl methyl sites for hydroxylation is 1. The van der Waals surface area contributed by atoms with Gasteiger partial charge in [0.2, 0.25) is 0 Å². The molecule has 2 aromatic rings. The van der Waals surface area contributed by atoms with Gasteiger partial charge in [-0.3, -0.25) is 5.10 Å². The Bertz CT molecular complexity index is 442. The largest absolute Gasteiger partial charge is 0.258 e. The van der Waals surface area contributed by atoms with Crippen LogP contribution in [0.2, 0.25) is 5.02 Å². The van der Waals surface area contributed by atoms with Crippen molar-refractivity contribution in [3.8, 4) is 0 Å². The molecule has 0 aliphatic carbocycles. The molecule has 0 saturated heterocycles. The van der Waals surface area contributed by atoms with Gasteiger partial charge in [0.15, 0.2) is 11.5 Å². The van der Waals surface area contributed by atoms with E-state index in [-0.39, 0.29) is 5.38 Å². The van der Waals surface area contributed by atoms with E-state index >= 15 is 0 Å². The summed E-state index contributed by atoms with van der Waals surface area (Å²) in [5.41, 5.74) is 1.47. The van der Waals surface area contributed by atoms with Crippen LogP contribution < -0.4 is 0 Å². The first-order valence-corrected chi connectivity index (χ1v) is 4.66. The lowest BCUT2D eigenvalue weighted by atomic mass is 10.4. The van der Waals surface area contributed by atoms with Crippen LogP contribution >= 0.6 is 23.2 Å². The first-order chi connectivity index (χ1) is 6.11. The summed E-state index contributed by atoms with van der Waals surface area (Å²) >= 11 is 11.9. The predicted octanol–water partition coefficient (Wildman–Crippen LogP) is 2.32. The van der Waals surface area contributed by atoms with Crippen LogP contribution in [-0.2, 0) is 0 Å². The van der Waals surface area contributed by atoms with Crippen molar-refractivity contribution in [3.05, 3.63) is 16.5 Å². The average molecular weight is 219 g/mol. The number of aromatic nitrogens is 4. The van der Waals surface area contributed by atoms with Gasteiger partial charge >= 0.3 is 0 Å². The predicted molar refractivity (Wildman–Crippen MR) is 51.4 cm³/mol. The lowest BCUT2D eigenvalue weighted by Crippen LogP contribution is -1.95. The molecule has 0 aliphatic heterocycles. The topological polar surface area (TPSA) is 46.0 Å². The fraction of sp³-hybridized carbons (Fsp3) is 0.429. The zero-order valence-electron chi connectivity index (χ0n) is 7.17. The molecule has 0 amide bonds. The number of hydrogen-bond acceptors (Lipinski definition) is 2. The van der Waals surface area contributed by atoms with Crippen molar-refractivity contribution >= 4 is 28.8 Å². The van der Waals surface area contributed by atoms with Gasteiger partial charge in [-0.25, -0.2) is 0 Å². The third kappa shape index (κ3) is 1.21. The van der Waals surface area contributed by atoms with Gasteiger partial charge in [0.25, 0.3) is 0 Å². The first kappa shape index (κ1) is 8.84. The summed E-state index contributed by atoms with van der Waals surface area (Å²) in [5, 5.41) is 11.4. The van der Waals surface area contributed by atoms with Crippen LogP contribution in [0.25, 0.3) is 5.65 Å². The lowest BCUT2D eigenvalue weighted by molar-refractivity contribution is 0.808. The van der Waals surface area contributed by atoms with Crippen LogP contribution in [0.1, 0.15) is 23.8 Å². The Balaban J connectivity index is 2.74. The maximum atomic E-state index is 5.96. The number of fused-ring (bicyclic) bond motifs is 1. The molecular formula is C7H8Cl2N4. The molecule has 2 rings (SSSR count). The number of H-pyrrole nitrogens is 1. The van der Waals surface area contributed by atoms with Gasteiger partial charge in [0.05, 0.1) is 11.1 Å². The Morgan fingerprint density at radius 2 is 2.23 bits per heavy atom. The van der Waals surface area contributed by atoms with Gasteiger partial charge in [-0.05, 0) is 13.8 Å². The Morgan fingerprint density at radius 3 is 2.85 bits per heavy atom. The fourth-order valence-corrected chi connectivity index (χ4v) is 1.49. The van der Waals surface area contributed by atoms with Crippen molar-refractivity contribution in [2.45, 2.75) is 19.2 Å². The van der Waals surface area contributed by atoms with Gasteiger partial charge in [0.1, 0.15) is 5.02 Å². The van der Waals surface area contributed by atoms with E-state index in [1.54, 1.807) is 4.52 Å². The van der Waals surface area contributed by atoms with E-state index in [0.717, 1.165) is 5.69 Å². The van der Waals surface area contributed by atoms with Crippen LogP contribution in [0, 0.1) is 6.92 Å². The number of aromatic amines is 1. The molecule has 2 aromatic heterocycles. The molecule has 0 fully saturated rings. The van der Waals surface area contributed by atoms with E-state index in [4.69, 9.17) is 23.2 Å². The number of nitrogens with zero attached hydrogens (tertiary/aromatic N) is 3. The van der Waals surface area contributed by atoms with Gasteiger partial charge < -0.3 is 0 Å². The minimum Gasteiger partial charge on any atom is -0.258 e. The Morgan fingerprint density at radius 1 is 1.54 bits per heavy atom. The summed E-state index contributed by atoms with van der Waals surface area (Å²) in [4.78, 5) is 0. The second-order valence-corrected chi connectivity index (χ2v) is 3.89. The molecule has 1 unspecified atom stereocenters. The molecule has 2 heterocycles. The second-order valence-electron chi connectivity index (χ2n) is 2.86. The minimum atomic E-state index is -0.191. The summed E-state index contributed by atoms with van der Waals surface area (Å²) in [5.74, 6) is 0.673. The van der Waals surface area contributed by atoms with E-state index in [0.29, 0.717) is 16.5 Å². The van der Waals surface area contributed by atoms with Gasteiger partial charge in [-0.1, -0.05) is 11.6 Å². The zero-order chi connectivity index (χ0) is 9.59. The molecular weight excluding hydrogens is 211 g/mol. The van der Waals surface area contributed by atoms with Crippen LogP contribution in [0.4, 0.5) is 0 Å². The average Bonchev–Trinajstić information content (AvgIpc) is 2.55. The van der Waals surface area contributed by atoms with Gasteiger partial charge in [-0.15, -0.1) is 11.6 Å². The molecule has 13 heavy (non-hydrogen) atoms. The smallest absolute Gasteiger partial charge is 0.170 e. The number of nitrogens with one attached hydrogen (secondary N) is 1. The van der Waals surface area contributed by atoms with E-state index in [2.05, 4.69) is 15.3 Å². The van der Waals surface area contributed by atoms with E-state index in [1.165, 1.54) is 0 Å². The second kappa shape index (κ2) is 2.89. The maximum Gasteiger partial charge on any atom is 0.170 e. The van der Waals surface area contributed by atoms with Crippen LogP contribution in [-0.4, -0.2) is 19.8 Å². The molecule has 0 aliphatic rings. The number of halogens is 2. The molecule has 0 spiro atoms. The highest BCUT2D eigenvalue weighted by Gasteiger charge is 2.15. The molecule has 6 heteroatoms. The molecule has 0 radical (unpaired) electrons. The van der Waals surface area contributed by atoms with Crippen molar-refractivity contribution in [1.82, 2.24) is 19.8 Å². The highest BCUT2D eigenvalue weighted by atomic mass is 35.5. The summed E-state index contributed by atoms with van der Waals surface area (Å²) < 4.78 is 1.63. The zero-order valence-corrected chi connectivity index (χ0v) is 8.69. The van der Waals surface area contributed by atoms with Crippen LogP contribution in [0.15, 0.2) is 0 Å². The minimum absolute atomic E-state index is 0.191. The Labute approximate surface area is 84.8 Å². The van der Waals surface area contributed by atoms with Crippen molar-refractivity contribution in [2.24, 2.45) is 0 Å². The highest BCUT2D eigenvalue weighted by Crippen LogP contribution is 2.24. The maximum absolute atomic E-state index is 5.96. The van der Waals surface area contributed by atoms with Crippen molar-refractivity contribution in [2.75, 3.05) is 0 Å².